The molecular weight excluding hydrogens is 212 g/mol. The molecule has 1 unspecified atom stereocenters. The number of nitrogens with two attached hydrogens (primary N) is 1. The van der Waals surface area contributed by atoms with Gasteiger partial charge < -0.3 is 10.5 Å². The number of hydrogen-bond donors (Lipinski definition) is 1. The number of halogens is 2. The molecule has 1 aromatic carbocycles. The SMILES string of the molecule is COc1c(CC(C)N)cc(C)cc1C(F)F. The molecule has 2 nitrogen and oxygen atoms in total. The van der Waals surface area contributed by atoms with Gasteiger partial charge in [0, 0.05) is 6.04 Å². The van der Waals surface area contributed by atoms with E-state index in [1.165, 1.54) is 13.2 Å². The van der Waals surface area contributed by atoms with Crippen LogP contribution in [0, 0.1) is 6.92 Å². The summed E-state index contributed by atoms with van der Waals surface area (Å²) in [6, 6.07) is 3.21. The molecule has 1 aromatic rings. The standard InChI is InChI=1S/C12H17F2NO/c1-7-4-9(6-8(2)15)11(16-3)10(5-7)12(13)14/h4-5,8,12H,6,15H2,1-3H3. The summed E-state index contributed by atoms with van der Waals surface area (Å²) >= 11 is 0. The maximum atomic E-state index is 12.8. The molecule has 0 heterocycles. The highest BCUT2D eigenvalue weighted by molar-refractivity contribution is 5.45. The lowest BCUT2D eigenvalue weighted by molar-refractivity contribution is 0.146. The number of benzene rings is 1. The minimum absolute atomic E-state index is 0.0573. The quantitative estimate of drug-likeness (QED) is 0.861. The van der Waals surface area contributed by atoms with E-state index in [4.69, 9.17) is 10.5 Å². The lowest BCUT2D eigenvalue weighted by Crippen LogP contribution is -2.18. The fourth-order valence-corrected chi connectivity index (χ4v) is 1.79. The van der Waals surface area contributed by atoms with Crippen molar-refractivity contribution >= 4 is 0 Å². The van der Waals surface area contributed by atoms with Crippen LogP contribution in [0.1, 0.15) is 30.0 Å². The third-order valence-electron chi connectivity index (χ3n) is 2.32. The summed E-state index contributed by atoms with van der Waals surface area (Å²) in [6.07, 6.45) is -1.99. The first-order valence-electron chi connectivity index (χ1n) is 5.16. The van der Waals surface area contributed by atoms with Gasteiger partial charge in [0.2, 0.25) is 0 Å². The summed E-state index contributed by atoms with van der Waals surface area (Å²) in [4.78, 5) is 0. The molecule has 16 heavy (non-hydrogen) atoms. The summed E-state index contributed by atoms with van der Waals surface area (Å²) in [5.74, 6) is 0.262. The highest BCUT2D eigenvalue weighted by Crippen LogP contribution is 2.33. The molecule has 0 aromatic heterocycles. The average Bonchev–Trinajstić information content (AvgIpc) is 2.15. The van der Waals surface area contributed by atoms with Crippen LogP contribution in [0.25, 0.3) is 0 Å². The van der Waals surface area contributed by atoms with E-state index in [-0.39, 0.29) is 17.4 Å². The summed E-state index contributed by atoms with van der Waals surface area (Å²) in [7, 11) is 1.40. The molecule has 0 radical (unpaired) electrons. The van der Waals surface area contributed by atoms with Crippen molar-refractivity contribution in [3.8, 4) is 5.75 Å². The second-order valence-corrected chi connectivity index (χ2v) is 4.03. The van der Waals surface area contributed by atoms with E-state index < -0.39 is 6.43 Å². The van der Waals surface area contributed by atoms with Crippen molar-refractivity contribution < 1.29 is 13.5 Å². The number of hydrogen-bond acceptors (Lipinski definition) is 2. The summed E-state index contributed by atoms with van der Waals surface area (Å²) in [5, 5.41) is 0. The zero-order valence-electron chi connectivity index (χ0n) is 9.76. The monoisotopic (exact) mass is 229 g/mol. The van der Waals surface area contributed by atoms with E-state index >= 15 is 0 Å². The molecule has 0 bridgehead atoms. The molecule has 1 rings (SSSR count). The molecule has 0 aliphatic heterocycles. The number of methoxy groups -OCH3 is 1. The number of aryl methyl sites for hydroxylation is 1. The zero-order valence-corrected chi connectivity index (χ0v) is 9.76. The van der Waals surface area contributed by atoms with Gasteiger partial charge in [-0.05, 0) is 31.9 Å². The van der Waals surface area contributed by atoms with Gasteiger partial charge in [-0.2, -0.15) is 0 Å². The van der Waals surface area contributed by atoms with Crippen LogP contribution in [-0.4, -0.2) is 13.2 Å². The van der Waals surface area contributed by atoms with Gasteiger partial charge in [-0.25, -0.2) is 8.78 Å². The van der Waals surface area contributed by atoms with Crippen LogP contribution in [0.2, 0.25) is 0 Å². The van der Waals surface area contributed by atoms with E-state index in [0.29, 0.717) is 6.42 Å². The van der Waals surface area contributed by atoms with Crippen molar-refractivity contribution in [3.05, 3.63) is 28.8 Å². The Labute approximate surface area is 94.4 Å². The minimum Gasteiger partial charge on any atom is -0.496 e. The van der Waals surface area contributed by atoms with Gasteiger partial charge in [0.25, 0.3) is 6.43 Å². The Morgan fingerprint density at radius 3 is 2.44 bits per heavy atom. The molecule has 0 spiro atoms. The third kappa shape index (κ3) is 2.92. The highest BCUT2D eigenvalue weighted by Gasteiger charge is 2.18. The normalized spacial score (nSPS) is 12.9. The minimum atomic E-state index is -2.53. The van der Waals surface area contributed by atoms with E-state index in [0.717, 1.165) is 11.1 Å². The topological polar surface area (TPSA) is 35.2 Å². The predicted molar refractivity (Wildman–Crippen MR) is 60.0 cm³/mol. The Kier molecular flexibility index (Phi) is 4.24. The predicted octanol–water partition coefficient (Wildman–Crippen LogP) is 2.83. The lowest BCUT2D eigenvalue weighted by Gasteiger charge is -2.15. The van der Waals surface area contributed by atoms with Gasteiger partial charge in [-0.1, -0.05) is 11.6 Å². The summed E-state index contributed by atoms with van der Waals surface area (Å²) < 4.78 is 30.7. The maximum absolute atomic E-state index is 12.8. The lowest BCUT2D eigenvalue weighted by atomic mass is 10.00. The van der Waals surface area contributed by atoms with E-state index in [2.05, 4.69) is 0 Å². The molecule has 90 valence electrons. The van der Waals surface area contributed by atoms with Crippen molar-refractivity contribution in [2.24, 2.45) is 5.73 Å². The second kappa shape index (κ2) is 5.25. The molecular formula is C12H17F2NO. The first-order chi connectivity index (χ1) is 7.45. The van der Waals surface area contributed by atoms with Crippen LogP contribution in [0.15, 0.2) is 12.1 Å². The summed E-state index contributed by atoms with van der Waals surface area (Å²) in [5.41, 5.74) is 7.17. The fourth-order valence-electron chi connectivity index (χ4n) is 1.79. The molecule has 0 saturated heterocycles. The number of alkyl halides is 2. The van der Waals surface area contributed by atoms with Crippen LogP contribution < -0.4 is 10.5 Å². The van der Waals surface area contributed by atoms with E-state index in [1.807, 2.05) is 13.0 Å². The third-order valence-corrected chi connectivity index (χ3v) is 2.32. The van der Waals surface area contributed by atoms with Gasteiger partial charge in [-0.15, -0.1) is 0 Å². The summed E-state index contributed by atoms with van der Waals surface area (Å²) in [6.45, 7) is 3.62. The molecule has 0 aliphatic rings. The average molecular weight is 229 g/mol. The Balaban J connectivity index is 3.24. The van der Waals surface area contributed by atoms with Crippen LogP contribution in [0.5, 0.6) is 5.75 Å². The highest BCUT2D eigenvalue weighted by atomic mass is 19.3. The molecule has 0 saturated carbocycles. The Morgan fingerprint density at radius 1 is 1.38 bits per heavy atom. The van der Waals surface area contributed by atoms with Gasteiger partial charge in [-0.3, -0.25) is 0 Å². The molecule has 0 aliphatic carbocycles. The largest absolute Gasteiger partial charge is 0.496 e. The molecule has 1 atom stereocenters. The molecule has 0 fully saturated rings. The molecule has 4 heteroatoms. The molecule has 2 N–H and O–H groups in total. The van der Waals surface area contributed by atoms with E-state index in [1.54, 1.807) is 6.92 Å². The van der Waals surface area contributed by atoms with Crippen LogP contribution in [0.4, 0.5) is 8.78 Å². The first-order valence-corrected chi connectivity index (χ1v) is 5.16. The zero-order chi connectivity index (χ0) is 12.3. The van der Waals surface area contributed by atoms with Crippen LogP contribution >= 0.6 is 0 Å². The van der Waals surface area contributed by atoms with Crippen molar-refractivity contribution in [2.45, 2.75) is 32.7 Å². The Morgan fingerprint density at radius 2 is 2.00 bits per heavy atom. The molecule has 0 amide bonds. The van der Waals surface area contributed by atoms with Crippen LogP contribution in [-0.2, 0) is 6.42 Å². The number of rotatable bonds is 4. The van der Waals surface area contributed by atoms with Gasteiger partial charge in [0.15, 0.2) is 0 Å². The Hall–Kier alpha value is -1.16. The smallest absolute Gasteiger partial charge is 0.267 e. The van der Waals surface area contributed by atoms with Crippen molar-refractivity contribution in [1.82, 2.24) is 0 Å². The fraction of sp³-hybridized carbons (Fsp3) is 0.500. The van der Waals surface area contributed by atoms with Gasteiger partial charge in [0.1, 0.15) is 5.75 Å². The maximum Gasteiger partial charge on any atom is 0.267 e. The first kappa shape index (κ1) is 12.9. The van der Waals surface area contributed by atoms with Crippen LogP contribution in [0.3, 0.4) is 0 Å². The van der Waals surface area contributed by atoms with Gasteiger partial charge >= 0.3 is 0 Å². The van der Waals surface area contributed by atoms with E-state index in [9.17, 15) is 8.78 Å². The van der Waals surface area contributed by atoms with Crippen molar-refractivity contribution in [1.29, 1.82) is 0 Å². The van der Waals surface area contributed by atoms with Crippen molar-refractivity contribution in [3.63, 3.8) is 0 Å². The second-order valence-electron chi connectivity index (χ2n) is 4.03. The van der Waals surface area contributed by atoms with Gasteiger partial charge in [0.05, 0.1) is 12.7 Å². The Bertz CT molecular complexity index is 364. The number of ether oxygens (including phenoxy) is 1. The van der Waals surface area contributed by atoms with Crippen molar-refractivity contribution in [2.75, 3.05) is 7.11 Å².